The maximum absolute atomic E-state index is 13.3. The summed E-state index contributed by atoms with van der Waals surface area (Å²) in [4.78, 5) is 46.2. The average molecular weight is 536 g/mol. The summed E-state index contributed by atoms with van der Waals surface area (Å²) in [5.41, 5.74) is 8.18. The third-order valence-corrected chi connectivity index (χ3v) is 7.00. The lowest BCUT2D eigenvalue weighted by Gasteiger charge is -2.17. The lowest BCUT2D eigenvalue weighted by atomic mass is 9.95. The van der Waals surface area contributed by atoms with Gasteiger partial charge in [-0.3, -0.25) is 14.6 Å². The summed E-state index contributed by atoms with van der Waals surface area (Å²) in [5, 5.41) is 18.9. The summed E-state index contributed by atoms with van der Waals surface area (Å²) in [7, 11) is 0. The van der Waals surface area contributed by atoms with Gasteiger partial charge in [-0.15, -0.1) is 11.3 Å². The van der Waals surface area contributed by atoms with Crippen LogP contribution in [-0.4, -0.2) is 50.9 Å². The molecule has 0 aliphatic carbocycles. The number of thiazole rings is 1. The number of nitrogens with two attached hydrogens (primary N) is 1. The summed E-state index contributed by atoms with van der Waals surface area (Å²) in [5.74, 6) is -1.31. The van der Waals surface area contributed by atoms with Crippen LogP contribution in [0.3, 0.4) is 0 Å². The number of carboxylic acids is 1. The predicted molar refractivity (Wildman–Crippen MR) is 148 cm³/mol. The van der Waals surface area contributed by atoms with Crippen LogP contribution in [0.1, 0.15) is 22.5 Å². The number of hydrogen-bond donors (Lipinski definition) is 4. The van der Waals surface area contributed by atoms with E-state index in [1.54, 1.807) is 36.0 Å². The highest BCUT2D eigenvalue weighted by molar-refractivity contribution is 7.98. The number of benzene rings is 2. The number of nitrogens with zero attached hydrogens (tertiary/aromatic N) is 2. The van der Waals surface area contributed by atoms with Crippen LogP contribution in [0, 0.1) is 0 Å². The van der Waals surface area contributed by atoms with Crippen LogP contribution in [0.4, 0.5) is 10.8 Å². The molecular weight excluding hydrogens is 510 g/mol. The highest BCUT2D eigenvalue weighted by Crippen LogP contribution is 2.32. The molecule has 0 aliphatic heterocycles. The molecule has 0 radical (unpaired) electrons. The van der Waals surface area contributed by atoms with E-state index < -0.39 is 17.9 Å². The van der Waals surface area contributed by atoms with E-state index in [9.17, 15) is 19.5 Å². The van der Waals surface area contributed by atoms with Crippen molar-refractivity contribution in [3.05, 3.63) is 71.5 Å². The monoisotopic (exact) mass is 535 g/mol. The minimum atomic E-state index is -1.10. The molecule has 2 amide bonds. The van der Waals surface area contributed by atoms with Gasteiger partial charge in [-0.25, -0.2) is 9.78 Å². The van der Waals surface area contributed by atoms with Gasteiger partial charge < -0.3 is 21.5 Å². The Labute approximate surface area is 221 Å². The van der Waals surface area contributed by atoms with Crippen molar-refractivity contribution < 1.29 is 19.5 Å². The molecule has 4 aromatic rings. The molecule has 190 valence electrons. The van der Waals surface area contributed by atoms with E-state index >= 15 is 0 Å². The number of carbonyl (C=O) groups is 3. The second kappa shape index (κ2) is 11.8. The Morgan fingerprint density at radius 3 is 2.68 bits per heavy atom. The number of nitrogen functional groups attached to an aromatic ring is 1. The number of carbonyl (C=O) groups excluding carboxylic acids is 2. The third kappa shape index (κ3) is 6.43. The van der Waals surface area contributed by atoms with Gasteiger partial charge in [-0.2, -0.15) is 11.8 Å². The molecule has 9 nitrogen and oxygen atoms in total. The predicted octanol–water partition coefficient (Wildman–Crippen LogP) is 4.06. The largest absolute Gasteiger partial charge is 0.480 e. The molecular formula is C26H25N5O4S2. The molecule has 5 N–H and O–H groups in total. The smallest absolute Gasteiger partial charge is 0.326 e. The standard InChI is InChI=1S/C26H25N5O4S2/c1-36-9-8-22(25(34)35)31-24(33)19-7-6-16(29-23(32)11-17-14-37-26(27)30-17)10-20(19)21-13-28-12-15-4-2-3-5-18(15)21/h2-7,10,12-14,22H,8-9,11H2,1H3,(H2,27,30)(H,29,32)(H,31,33)(H,34,35)/t22-/m0/s1. The van der Waals surface area contributed by atoms with Crippen molar-refractivity contribution in [3.8, 4) is 11.1 Å². The Morgan fingerprint density at radius 2 is 1.95 bits per heavy atom. The van der Waals surface area contributed by atoms with Gasteiger partial charge >= 0.3 is 5.97 Å². The number of aromatic nitrogens is 2. The van der Waals surface area contributed by atoms with E-state index in [-0.39, 0.29) is 17.9 Å². The van der Waals surface area contributed by atoms with Crippen LogP contribution < -0.4 is 16.4 Å². The first kappa shape index (κ1) is 26.1. The van der Waals surface area contributed by atoms with Gasteiger partial charge in [-0.1, -0.05) is 24.3 Å². The topological polar surface area (TPSA) is 147 Å². The Morgan fingerprint density at radius 1 is 1.14 bits per heavy atom. The number of rotatable bonds is 10. The Kier molecular flexibility index (Phi) is 8.36. The molecule has 0 bridgehead atoms. The number of anilines is 2. The molecule has 11 heteroatoms. The average Bonchev–Trinajstić information content (AvgIpc) is 3.29. The maximum Gasteiger partial charge on any atom is 0.326 e. The van der Waals surface area contributed by atoms with Crippen molar-refractivity contribution in [3.63, 3.8) is 0 Å². The van der Waals surface area contributed by atoms with E-state index in [0.717, 1.165) is 10.8 Å². The van der Waals surface area contributed by atoms with Crippen molar-refractivity contribution >= 4 is 62.5 Å². The van der Waals surface area contributed by atoms with Crippen LogP contribution in [-0.2, 0) is 16.0 Å². The number of amides is 2. The molecule has 2 heterocycles. The molecule has 1 atom stereocenters. The van der Waals surface area contributed by atoms with Crippen LogP contribution >= 0.6 is 23.1 Å². The van der Waals surface area contributed by atoms with Crippen molar-refractivity contribution in [2.24, 2.45) is 0 Å². The molecule has 0 unspecified atom stereocenters. The molecule has 2 aromatic carbocycles. The minimum absolute atomic E-state index is 0.0524. The van der Waals surface area contributed by atoms with Gasteiger partial charge in [0.1, 0.15) is 6.04 Å². The Hall–Kier alpha value is -3.96. The quantitative estimate of drug-likeness (QED) is 0.238. The zero-order valence-electron chi connectivity index (χ0n) is 19.9. The van der Waals surface area contributed by atoms with Crippen molar-refractivity contribution in [1.29, 1.82) is 0 Å². The second-order valence-corrected chi connectivity index (χ2v) is 10.1. The maximum atomic E-state index is 13.3. The van der Waals surface area contributed by atoms with E-state index in [1.807, 2.05) is 30.5 Å². The van der Waals surface area contributed by atoms with Crippen LogP contribution in [0.2, 0.25) is 0 Å². The number of thioether (sulfide) groups is 1. The first-order valence-electron chi connectivity index (χ1n) is 11.3. The summed E-state index contributed by atoms with van der Waals surface area (Å²) in [6.07, 6.45) is 5.61. The number of nitrogens with one attached hydrogen (secondary N) is 2. The molecule has 0 saturated carbocycles. The zero-order chi connectivity index (χ0) is 26.4. The van der Waals surface area contributed by atoms with Gasteiger partial charge in [0.15, 0.2) is 5.13 Å². The molecule has 2 aromatic heterocycles. The van der Waals surface area contributed by atoms with Crippen LogP contribution in [0.15, 0.2) is 60.2 Å². The number of pyridine rings is 1. The fraction of sp³-hybridized carbons (Fsp3) is 0.192. The highest BCUT2D eigenvalue weighted by Gasteiger charge is 2.23. The number of aliphatic carboxylic acids is 1. The van der Waals surface area contributed by atoms with E-state index in [1.165, 1.54) is 23.1 Å². The number of hydrogen-bond acceptors (Lipinski definition) is 8. The molecule has 0 fully saturated rings. The van der Waals surface area contributed by atoms with Crippen molar-refractivity contribution in [2.75, 3.05) is 23.1 Å². The highest BCUT2D eigenvalue weighted by atomic mass is 32.2. The van der Waals surface area contributed by atoms with Crippen LogP contribution in [0.5, 0.6) is 0 Å². The van der Waals surface area contributed by atoms with Crippen molar-refractivity contribution in [1.82, 2.24) is 15.3 Å². The lowest BCUT2D eigenvalue weighted by molar-refractivity contribution is -0.139. The molecule has 0 aliphatic rings. The van der Waals surface area contributed by atoms with Gasteiger partial charge in [0.2, 0.25) is 5.91 Å². The number of fused-ring (bicyclic) bond motifs is 1. The van der Waals surface area contributed by atoms with Crippen LogP contribution in [0.25, 0.3) is 21.9 Å². The minimum Gasteiger partial charge on any atom is -0.480 e. The molecule has 0 saturated heterocycles. The summed E-state index contributed by atoms with van der Waals surface area (Å²) >= 11 is 2.77. The van der Waals surface area contributed by atoms with Gasteiger partial charge in [0.25, 0.3) is 5.91 Å². The Balaban J connectivity index is 1.70. The fourth-order valence-corrected chi connectivity index (χ4v) is 4.91. The summed E-state index contributed by atoms with van der Waals surface area (Å²) < 4.78 is 0. The Bertz CT molecular complexity index is 1450. The van der Waals surface area contributed by atoms with E-state index in [0.29, 0.717) is 39.8 Å². The molecule has 4 rings (SSSR count). The first-order chi connectivity index (χ1) is 17.9. The molecule has 0 spiro atoms. The SMILES string of the molecule is CSCC[C@H](NC(=O)c1ccc(NC(=O)Cc2csc(N)n2)cc1-c1cncc2ccccc12)C(=O)O. The van der Waals surface area contributed by atoms with E-state index in [4.69, 9.17) is 5.73 Å². The second-order valence-electron chi connectivity index (χ2n) is 8.22. The van der Waals surface area contributed by atoms with Gasteiger partial charge in [0.05, 0.1) is 12.1 Å². The third-order valence-electron chi connectivity index (χ3n) is 5.63. The number of carboxylic acid groups (broad SMARTS) is 1. The van der Waals surface area contributed by atoms with Crippen molar-refractivity contribution in [2.45, 2.75) is 18.9 Å². The van der Waals surface area contributed by atoms with Gasteiger partial charge in [0, 0.05) is 40.0 Å². The van der Waals surface area contributed by atoms with Gasteiger partial charge in [-0.05, 0) is 47.6 Å². The lowest BCUT2D eigenvalue weighted by Crippen LogP contribution is -2.41. The zero-order valence-corrected chi connectivity index (χ0v) is 21.6. The summed E-state index contributed by atoms with van der Waals surface area (Å²) in [6, 6.07) is 11.5. The fourth-order valence-electron chi connectivity index (χ4n) is 3.88. The first-order valence-corrected chi connectivity index (χ1v) is 13.6. The van der Waals surface area contributed by atoms with E-state index in [2.05, 4.69) is 20.6 Å². The molecule has 37 heavy (non-hydrogen) atoms. The normalized spacial score (nSPS) is 11.7. The summed E-state index contributed by atoms with van der Waals surface area (Å²) in [6.45, 7) is 0.